The van der Waals surface area contributed by atoms with Crippen LogP contribution < -0.4 is 0 Å². The smallest absolute Gasteiger partial charge is 0.0991 e. The molecule has 1 aliphatic heterocycles. The molecule has 7 aromatic rings. The zero-order chi connectivity index (χ0) is 31.7. The lowest BCUT2D eigenvalue weighted by molar-refractivity contribution is 1.07. The highest BCUT2D eigenvalue weighted by atomic mass is 32.2. The van der Waals surface area contributed by atoms with Gasteiger partial charge in [0, 0.05) is 32.5 Å². The first-order chi connectivity index (χ1) is 23.2. The van der Waals surface area contributed by atoms with Gasteiger partial charge >= 0.3 is 0 Å². The van der Waals surface area contributed by atoms with E-state index >= 15 is 0 Å². The summed E-state index contributed by atoms with van der Waals surface area (Å²) in [4.78, 5) is 11.8. The first kappa shape index (κ1) is 28.5. The second-order valence-corrected chi connectivity index (χ2v) is 12.4. The van der Waals surface area contributed by atoms with Crippen molar-refractivity contribution in [1.29, 1.82) is 5.26 Å². The van der Waals surface area contributed by atoms with Crippen molar-refractivity contribution in [2.24, 2.45) is 9.98 Å². The number of benzene rings is 6. The fourth-order valence-electron chi connectivity index (χ4n) is 6.46. The molecule has 1 aromatic heterocycles. The van der Waals surface area contributed by atoms with Gasteiger partial charge in [-0.1, -0.05) is 121 Å². The highest BCUT2D eigenvalue weighted by molar-refractivity contribution is 8.05. The van der Waals surface area contributed by atoms with Crippen LogP contribution in [0.25, 0.3) is 44.3 Å². The van der Waals surface area contributed by atoms with Crippen molar-refractivity contribution in [3.63, 3.8) is 0 Å². The van der Waals surface area contributed by atoms with Gasteiger partial charge in [-0.3, -0.25) is 9.98 Å². The Morgan fingerprint density at radius 2 is 1.38 bits per heavy atom. The Labute approximate surface area is 277 Å². The average Bonchev–Trinajstić information content (AvgIpc) is 3.67. The van der Waals surface area contributed by atoms with Gasteiger partial charge in [-0.15, -0.1) is 0 Å². The van der Waals surface area contributed by atoms with Gasteiger partial charge in [0.05, 0.1) is 45.5 Å². The number of nitrogens with zero attached hydrogens (tertiary/aromatic N) is 4. The molecule has 1 aliphatic rings. The number of hydrogen-bond donors (Lipinski definition) is 0. The lowest BCUT2D eigenvalue weighted by Crippen LogP contribution is -2.01. The largest absolute Gasteiger partial charge is 0.309 e. The fraction of sp³-hybridized carbons (Fsp3) is 0.0238. The highest BCUT2D eigenvalue weighted by Crippen LogP contribution is 2.49. The maximum absolute atomic E-state index is 9.45. The van der Waals surface area contributed by atoms with Crippen LogP contribution in [0.1, 0.15) is 22.3 Å². The van der Waals surface area contributed by atoms with Crippen LogP contribution in [0.4, 0.5) is 0 Å². The summed E-state index contributed by atoms with van der Waals surface area (Å²) in [5.74, 6) is 0. The van der Waals surface area contributed by atoms with Gasteiger partial charge < -0.3 is 4.57 Å². The number of rotatable bonds is 6. The molecule has 0 radical (unpaired) electrons. The average molecular weight is 621 g/mol. The first-order valence-corrected chi connectivity index (χ1v) is 16.3. The molecule has 0 saturated heterocycles. The van der Waals surface area contributed by atoms with Crippen LogP contribution in [0.15, 0.2) is 165 Å². The van der Waals surface area contributed by atoms with Crippen molar-refractivity contribution in [3.05, 3.63) is 173 Å². The Morgan fingerprint density at radius 1 is 0.702 bits per heavy atom. The van der Waals surface area contributed by atoms with Gasteiger partial charge in [-0.05, 0) is 59.8 Å². The Balaban J connectivity index is 1.29. The van der Waals surface area contributed by atoms with Crippen LogP contribution in [0.5, 0.6) is 0 Å². The molecular weight excluding hydrogens is 593 g/mol. The Bertz CT molecular complexity index is 2390. The van der Waals surface area contributed by atoms with E-state index in [1.807, 2.05) is 42.5 Å². The number of aliphatic imine (C=N–C) groups is 2. The third-order valence-electron chi connectivity index (χ3n) is 8.58. The van der Waals surface area contributed by atoms with E-state index < -0.39 is 0 Å². The topological polar surface area (TPSA) is 53.4 Å². The maximum Gasteiger partial charge on any atom is 0.0991 e. The molecule has 47 heavy (non-hydrogen) atoms. The molecule has 2 heterocycles. The molecule has 0 bridgehead atoms. The summed E-state index contributed by atoms with van der Waals surface area (Å²) in [5, 5.41) is 11.9. The third-order valence-corrected chi connectivity index (χ3v) is 9.82. The number of hydrogen-bond acceptors (Lipinski definition) is 4. The van der Waals surface area contributed by atoms with Crippen molar-refractivity contribution in [3.8, 4) is 22.9 Å². The number of fused-ring (bicyclic) bond motifs is 4. The second kappa shape index (κ2) is 12.1. The van der Waals surface area contributed by atoms with E-state index in [1.165, 1.54) is 21.8 Å². The van der Waals surface area contributed by atoms with Gasteiger partial charge in [0.15, 0.2) is 0 Å². The van der Waals surface area contributed by atoms with Crippen molar-refractivity contribution in [2.75, 3.05) is 0 Å². The lowest BCUT2D eigenvalue weighted by Gasteiger charge is -2.12. The molecular formula is C42H28N4S. The Morgan fingerprint density at radius 3 is 2.13 bits per heavy atom. The number of aromatic nitrogens is 1. The Kier molecular flexibility index (Phi) is 7.33. The molecule has 0 amide bonds. The minimum atomic E-state index is 0.445. The number of thioether (sulfide) groups is 1. The summed E-state index contributed by atoms with van der Waals surface area (Å²) in [6, 6.07) is 52.5. The molecule has 0 aliphatic carbocycles. The van der Waals surface area contributed by atoms with Gasteiger partial charge in [0.1, 0.15) is 0 Å². The van der Waals surface area contributed by atoms with Crippen LogP contribution in [-0.4, -0.2) is 17.0 Å². The molecule has 5 heteroatoms. The van der Waals surface area contributed by atoms with Crippen molar-refractivity contribution in [1.82, 2.24) is 4.57 Å². The zero-order valence-electron chi connectivity index (χ0n) is 25.5. The van der Waals surface area contributed by atoms with E-state index in [2.05, 4.69) is 125 Å². The van der Waals surface area contributed by atoms with Gasteiger partial charge in [0.2, 0.25) is 0 Å². The first-order valence-electron chi connectivity index (χ1n) is 15.4. The van der Waals surface area contributed by atoms with Crippen LogP contribution in [0.2, 0.25) is 0 Å². The fourth-order valence-corrected chi connectivity index (χ4v) is 7.79. The van der Waals surface area contributed by atoms with E-state index in [9.17, 15) is 5.26 Å². The summed E-state index contributed by atoms with van der Waals surface area (Å²) < 4.78 is 2.35. The molecule has 4 nitrogen and oxygen atoms in total. The van der Waals surface area contributed by atoms with Crippen molar-refractivity contribution in [2.45, 2.75) is 11.4 Å². The van der Waals surface area contributed by atoms with Crippen LogP contribution in [0.3, 0.4) is 0 Å². The highest BCUT2D eigenvalue weighted by Gasteiger charge is 2.30. The molecule has 6 aromatic carbocycles. The van der Waals surface area contributed by atoms with Crippen LogP contribution in [-0.2, 0) is 6.54 Å². The number of para-hydroxylation sites is 2. The van der Waals surface area contributed by atoms with Crippen LogP contribution in [0, 0.1) is 11.3 Å². The molecule has 0 N–H and O–H groups in total. The molecule has 0 fully saturated rings. The quantitative estimate of drug-likeness (QED) is 0.174. The SMILES string of the molecule is C=N/C(=C1/Sc2c(cccc2-c2cccc(-n3c4ccccc4c4ccccc43)c2)C1=NCc1cccc(C#N)c1)c1ccccc1. The maximum atomic E-state index is 9.45. The van der Waals surface area contributed by atoms with E-state index in [0.29, 0.717) is 12.1 Å². The summed E-state index contributed by atoms with van der Waals surface area (Å²) in [6.45, 7) is 4.42. The normalized spacial score (nSPS) is 14.3. The molecule has 0 spiro atoms. The summed E-state index contributed by atoms with van der Waals surface area (Å²) in [7, 11) is 0. The number of allylic oxidation sites excluding steroid dienone is 1. The molecule has 0 atom stereocenters. The van der Waals surface area contributed by atoms with E-state index in [4.69, 9.17) is 4.99 Å². The minimum absolute atomic E-state index is 0.445. The van der Waals surface area contributed by atoms with Gasteiger partial charge in [-0.25, -0.2) is 0 Å². The van der Waals surface area contributed by atoms with Crippen molar-refractivity contribution >= 4 is 51.7 Å². The minimum Gasteiger partial charge on any atom is -0.309 e. The third kappa shape index (κ3) is 5.06. The van der Waals surface area contributed by atoms with Gasteiger partial charge in [0.25, 0.3) is 0 Å². The number of nitriles is 1. The zero-order valence-corrected chi connectivity index (χ0v) is 26.3. The van der Waals surface area contributed by atoms with E-state index in [-0.39, 0.29) is 0 Å². The standard InChI is InChI=1S/C42H28N4S/c1-44-39(30-14-3-2-4-15-30)42-40(45-27-29-13-9-12-28(24-29)26-43)36-21-11-20-33(41(36)47-42)31-16-10-17-32(25-31)46-37-22-7-5-18-34(37)35-19-6-8-23-38(35)46/h2-25H,1,27H2/b42-39+,45-40?. The molecule has 0 unspecified atom stereocenters. The predicted molar refractivity (Wildman–Crippen MR) is 196 cm³/mol. The Hall–Kier alpha value is -5.96. The summed E-state index contributed by atoms with van der Waals surface area (Å²) in [5.41, 5.74) is 11.1. The van der Waals surface area contributed by atoms with Crippen molar-refractivity contribution < 1.29 is 0 Å². The van der Waals surface area contributed by atoms with Gasteiger partial charge in [-0.2, -0.15) is 5.26 Å². The van der Waals surface area contributed by atoms with E-state index in [0.717, 1.165) is 54.7 Å². The monoisotopic (exact) mass is 620 g/mol. The molecule has 222 valence electrons. The van der Waals surface area contributed by atoms with E-state index in [1.54, 1.807) is 11.8 Å². The lowest BCUT2D eigenvalue weighted by atomic mass is 9.99. The molecule has 8 rings (SSSR count). The van der Waals surface area contributed by atoms with Crippen LogP contribution >= 0.6 is 11.8 Å². The molecule has 0 saturated carbocycles. The summed E-state index contributed by atoms with van der Waals surface area (Å²) >= 11 is 1.70. The second-order valence-electron chi connectivity index (χ2n) is 11.4. The predicted octanol–water partition coefficient (Wildman–Crippen LogP) is 10.5. The summed E-state index contributed by atoms with van der Waals surface area (Å²) in [6.07, 6.45) is 0.